The first-order valence-electron chi connectivity index (χ1n) is 7.61. The summed E-state index contributed by atoms with van der Waals surface area (Å²) in [5, 5.41) is 0.369. The highest BCUT2D eigenvalue weighted by Gasteiger charge is 2.39. The van der Waals surface area contributed by atoms with Crippen LogP contribution in [0.15, 0.2) is 52.9 Å². The van der Waals surface area contributed by atoms with Crippen molar-refractivity contribution in [3.8, 4) is 11.3 Å². The van der Waals surface area contributed by atoms with Gasteiger partial charge in [-0.25, -0.2) is 0 Å². The molecular formula is C20H11ClO4. The van der Waals surface area contributed by atoms with Crippen LogP contribution in [0.1, 0.15) is 49.3 Å². The summed E-state index contributed by atoms with van der Waals surface area (Å²) in [6.45, 7) is 1.30. The lowest BCUT2D eigenvalue weighted by molar-refractivity contribution is 0.0960. The van der Waals surface area contributed by atoms with Crippen LogP contribution in [-0.4, -0.2) is 17.3 Å². The lowest BCUT2D eigenvalue weighted by atomic mass is 9.83. The molecule has 4 nitrogen and oxygen atoms in total. The van der Waals surface area contributed by atoms with Gasteiger partial charge in [-0.2, -0.15) is 0 Å². The first-order valence-corrected chi connectivity index (χ1v) is 7.99. The zero-order valence-electron chi connectivity index (χ0n) is 13.1. The second-order valence-electron chi connectivity index (χ2n) is 5.75. The van der Waals surface area contributed by atoms with E-state index in [9.17, 15) is 14.4 Å². The summed E-state index contributed by atoms with van der Waals surface area (Å²) in [6.07, 6.45) is 0. The Morgan fingerprint density at radius 2 is 1.36 bits per heavy atom. The van der Waals surface area contributed by atoms with Gasteiger partial charge in [0.25, 0.3) is 0 Å². The number of Topliss-reactive ketones (excluding diaryl/α,β-unsaturated/α-hetero) is 1. The molecule has 0 bridgehead atoms. The van der Waals surface area contributed by atoms with E-state index < -0.39 is 11.6 Å². The molecule has 1 heterocycles. The summed E-state index contributed by atoms with van der Waals surface area (Å²) in [5.74, 6) is -1.12. The number of ketones is 3. The minimum absolute atomic E-state index is 0.0196. The predicted molar refractivity (Wildman–Crippen MR) is 92.5 cm³/mol. The number of benzene rings is 2. The third-order valence-corrected chi connectivity index (χ3v) is 4.55. The Kier molecular flexibility index (Phi) is 3.44. The van der Waals surface area contributed by atoms with Gasteiger partial charge in [0.1, 0.15) is 5.76 Å². The van der Waals surface area contributed by atoms with Crippen LogP contribution in [0.2, 0.25) is 5.02 Å². The van der Waals surface area contributed by atoms with Gasteiger partial charge in [0.05, 0.1) is 16.1 Å². The van der Waals surface area contributed by atoms with Crippen molar-refractivity contribution in [3.63, 3.8) is 0 Å². The molecule has 0 spiro atoms. The molecule has 2 aromatic carbocycles. The molecule has 1 aliphatic carbocycles. The van der Waals surface area contributed by atoms with Crippen LogP contribution in [0.5, 0.6) is 0 Å². The second-order valence-corrected chi connectivity index (χ2v) is 6.16. The average Bonchev–Trinajstić information content (AvgIpc) is 3.01. The van der Waals surface area contributed by atoms with Crippen molar-refractivity contribution >= 4 is 29.0 Å². The van der Waals surface area contributed by atoms with Gasteiger partial charge in [0.2, 0.25) is 0 Å². The molecular weight excluding hydrogens is 340 g/mol. The molecule has 0 amide bonds. The third kappa shape index (κ3) is 2.18. The molecule has 0 unspecified atom stereocenters. The Hall–Kier alpha value is -2.98. The number of rotatable bonds is 2. The Balaban J connectivity index is 2.09. The normalized spacial score (nSPS) is 12.7. The molecule has 0 atom stereocenters. The molecule has 5 heteroatoms. The number of furan rings is 1. The largest absolute Gasteiger partial charge is 0.451 e. The van der Waals surface area contributed by atoms with Crippen LogP contribution < -0.4 is 0 Å². The number of carbonyl (C=O) groups excluding carboxylic acids is 3. The van der Waals surface area contributed by atoms with Gasteiger partial charge in [-0.1, -0.05) is 48.0 Å². The van der Waals surface area contributed by atoms with E-state index in [-0.39, 0.29) is 34.0 Å². The maximum atomic E-state index is 13.0. The molecule has 0 saturated heterocycles. The van der Waals surface area contributed by atoms with Crippen molar-refractivity contribution in [3.05, 3.63) is 81.6 Å². The van der Waals surface area contributed by atoms with E-state index in [1.807, 2.05) is 0 Å². The van der Waals surface area contributed by atoms with Gasteiger partial charge in [-0.3, -0.25) is 14.4 Å². The number of halogens is 1. The summed E-state index contributed by atoms with van der Waals surface area (Å²) >= 11 is 6.23. The van der Waals surface area contributed by atoms with E-state index in [1.165, 1.54) is 6.92 Å². The van der Waals surface area contributed by atoms with Gasteiger partial charge < -0.3 is 4.42 Å². The van der Waals surface area contributed by atoms with Crippen molar-refractivity contribution in [2.75, 3.05) is 0 Å². The minimum atomic E-state index is -0.421. The third-order valence-electron chi connectivity index (χ3n) is 4.22. The zero-order chi connectivity index (χ0) is 17.7. The highest BCUT2D eigenvalue weighted by molar-refractivity contribution is 6.35. The minimum Gasteiger partial charge on any atom is -0.451 e. The topological polar surface area (TPSA) is 64.3 Å². The standard InChI is InChI=1S/C20H11ClO4/c1-10(22)19-15-16(20(25-19)13-8-4-5-9-14(13)21)18(24)12-7-3-2-6-11(12)17(15)23/h2-9H,1H3. The fourth-order valence-electron chi connectivity index (χ4n) is 3.10. The number of fused-ring (bicyclic) bond motifs is 2. The van der Waals surface area contributed by atoms with Crippen molar-refractivity contribution in [2.24, 2.45) is 0 Å². The molecule has 0 radical (unpaired) electrons. The summed E-state index contributed by atoms with van der Waals surface area (Å²) in [7, 11) is 0. The lowest BCUT2D eigenvalue weighted by Crippen LogP contribution is -2.21. The van der Waals surface area contributed by atoms with Crippen LogP contribution in [0.3, 0.4) is 0 Å². The molecule has 25 heavy (non-hydrogen) atoms. The highest BCUT2D eigenvalue weighted by atomic mass is 35.5. The van der Waals surface area contributed by atoms with Gasteiger partial charge in [0.15, 0.2) is 23.1 Å². The van der Waals surface area contributed by atoms with Crippen molar-refractivity contribution in [2.45, 2.75) is 6.92 Å². The Bertz CT molecular complexity index is 1080. The zero-order valence-corrected chi connectivity index (χ0v) is 13.9. The van der Waals surface area contributed by atoms with Crippen molar-refractivity contribution < 1.29 is 18.8 Å². The van der Waals surface area contributed by atoms with E-state index in [1.54, 1.807) is 48.5 Å². The van der Waals surface area contributed by atoms with Crippen LogP contribution in [-0.2, 0) is 0 Å². The first kappa shape index (κ1) is 15.5. The second kappa shape index (κ2) is 5.53. The van der Waals surface area contributed by atoms with E-state index in [0.717, 1.165) is 0 Å². The highest BCUT2D eigenvalue weighted by Crippen LogP contribution is 2.40. The van der Waals surface area contributed by atoms with E-state index in [4.69, 9.17) is 16.0 Å². The van der Waals surface area contributed by atoms with Gasteiger partial charge in [0, 0.05) is 23.6 Å². The van der Waals surface area contributed by atoms with Crippen LogP contribution in [0.4, 0.5) is 0 Å². The molecule has 4 rings (SSSR count). The molecule has 3 aromatic rings. The van der Waals surface area contributed by atoms with Gasteiger partial charge in [-0.05, 0) is 12.1 Å². The maximum absolute atomic E-state index is 13.0. The first-order chi connectivity index (χ1) is 12.0. The summed E-state index contributed by atoms with van der Waals surface area (Å²) in [4.78, 5) is 38.0. The number of carbonyl (C=O) groups is 3. The van der Waals surface area contributed by atoms with Gasteiger partial charge in [-0.15, -0.1) is 0 Å². The summed E-state index contributed by atoms with van der Waals surface area (Å²) in [5.41, 5.74) is 1.15. The molecule has 122 valence electrons. The van der Waals surface area contributed by atoms with E-state index in [0.29, 0.717) is 16.1 Å². The quantitative estimate of drug-likeness (QED) is 0.496. The molecule has 1 aliphatic rings. The summed E-state index contributed by atoms with van der Waals surface area (Å²) in [6, 6.07) is 13.4. The van der Waals surface area contributed by atoms with E-state index >= 15 is 0 Å². The van der Waals surface area contributed by atoms with Crippen LogP contribution >= 0.6 is 11.6 Å². The smallest absolute Gasteiger partial charge is 0.198 e. The Morgan fingerprint density at radius 3 is 1.92 bits per heavy atom. The summed E-state index contributed by atoms with van der Waals surface area (Å²) < 4.78 is 5.69. The fourth-order valence-corrected chi connectivity index (χ4v) is 3.32. The van der Waals surface area contributed by atoms with E-state index in [2.05, 4.69) is 0 Å². The molecule has 0 fully saturated rings. The van der Waals surface area contributed by atoms with Crippen molar-refractivity contribution in [1.82, 2.24) is 0 Å². The predicted octanol–water partition coefficient (Wildman–Crippen LogP) is 4.58. The molecule has 0 aliphatic heterocycles. The molecule has 1 aromatic heterocycles. The number of hydrogen-bond donors (Lipinski definition) is 0. The molecule has 0 N–H and O–H groups in total. The Morgan fingerprint density at radius 1 is 0.840 bits per heavy atom. The van der Waals surface area contributed by atoms with Gasteiger partial charge >= 0.3 is 0 Å². The maximum Gasteiger partial charge on any atom is 0.198 e. The SMILES string of the molecule is CC(=O)c1oc(-c2ccccc2Cl)c2c1C(=O)c1ccccc1C2=O. The molecule has 0 saturated carbocycles. The monoisotopic (exact) mass is 350 g/mol. The Labute approximate surface area is 148 Å². The van der Waals surface area contributed by atoms with Crippen LogP contribution in [0, 0.1) is 0 Å². The average molecular weight is 351 g/mol. The fraction of sp³-hybridized carbons (Fsp3) is 0.0500. The van der Waals surface area contributed by atoms with Crippen LogP contribution in [0.25, 0.3) is 11.3 Å². The van der Waals surface area contributed by atoms with Crippen molar-refractivity contribution in [1.29, 1.82) is 0 Å². The number of hydrogen-bond acceptors (Lipinski definition) is 4. The lowest BCUT2D eigenvalue weighted by Gasteiger charge is -2.14.